The molecule has 0 aliphatic carbocycles. The van der Waals surface area contributed by atoms with Crippen molar-refractivity contribution in [2.75, 3.05) is 26.4 Å². The lowest BCUT2D eigenvalue weighted by atomic mass is 9.83. The third-order valence-corrected chi connectivity index (χ3v) is 5.02. The number of hydrogen-bond acceptors (Lipinski definition) is 7. The van der Waals surface area contributed by atoms with Gasteiger partial charge < -0.3 is 29.1 Å². The van der Waals surface area contributed by atoms with Crippen LogP contribution in [0.4, 0.5) is 0 Å². The number of ether oxygens (including phenoxy) is 4. The smallest absolute Gasteiger partial charge is 0.316 e. The first-order chi connectivity index (χ1) is 12.3. The highest BCUT2D eigenvalue weighted by Gasteiger charge is 2.49. The van der Waals surface area contributed by atoms with Crippen LogP contribution in [-0.4, -0.2) is 62.5 Å². The van der Waals surface area contributed by atoms with Crippen LogP contribution in [0.2, 0.25) is 0 Å². The van der Waals surface area contributed by atoms with E-state index in [-0.39, 0.29) is 44.5 Å². The molecule has 144 valence electrons. The highest BCUT2D eigenvalue weighted by atomic mass is 16.7. The Morgan fingerprint density at radius 1 is 1.19 bits per heavy atom. The predicted octanol–water partition coefficient (Wildman–Crippen LogP) is 0.204. The number of esters is 1. The lowest BCUT2D eigenvalue weighted by molar-refractivity contribution is -0.281. The first kappa shape index (κ1) is 19.0. The minimum absolute atomic E-state index is 0.0345. The lowest BCUT2D eigenvalue weighted by Crippen LogP contribution is -2.50. The van der Waals surface area contributed by atoms with E-state index in [4.69, 9.17) is 18.9 Å². The fourth-order valence-corrected chi connectivity index (χ4v) is 3.30. The average Bonchev–Trinajstić information content (AvgIpc) is 3.22. The Hall–Kier alpha value is -1.77. The predicted molar refractivity (Wildman–Crippen MR) is 88.9 cm³/mol. The van der Waals surface area contributed by atoms with E-state index in [0.29, 0.717) is 0 Å². The van der Waals surface area contributed by atoms with Gasteiger partial charge in [-0.25, -0.2) is 0 Å². The maximum Gasteiger partial charge on any atom is 0.316 e. The highest BCUT2D eigenvalue weighted by molar-refractivity contribution is 5.84. The largest absolute Gasteiger partial charge is 0.463 e. The van der Waals surface area contributed by atoms with Gasteiger partial charge in [-0.2, -0.15) is 0 Å². The number of amides is 1. The molecule has 2 saturated heterocycles. The number of nitrogens with one attached hydrogen (secondary N) is 1. The average molecular weight is 367 g/mol. The van der Waals surface area contributed by atoms with Crippen molar-refractivity contribution in [3.8, 4) is 0 Å². The molecule has 8 nitrogen and oxygen atoms in total. The van der Waals surface area contributed by atoms with Gasteiger partial charge in [-0.1, -0.05) is 12.2 Å². The summed E-state index contributed by atoms with van der Waals surface area (Å²) in [5.41, 5.74) is -0.870. The van der Waals surface area contributed by atoms with Crippen molar-refractivity contribution in [2.24, 2.45) is 17.3 Å². The van der Waals surface area contributed by atoms with Crippen molar-refractivity contribution in [1.29, 1.82) is 0 Å². The summed E-state index contributed by atoms with van der Waals surface area (Å²) in [6.45, 7) is 5.91. The van der Waals surface area contributed by atoms with Crippen LogP contribution in [0.3, 0.4) is 0 Å². The lowest BCUT2D eigenvalue weighted by Gasteiger charge is -2.39. The second-order valence-electron chi connectivity index (χ2n) is 7.65. The van der Waals surface area contributed by atoms with Crippen LogP contribution >= 0.6 is 0 Å². The summed E-state index contributed by atoms with van der Waals surface area (Å²) in [7, 11) is 0. The molecule has 3 heterocycles. The van der Waals surface area contributed by atoms with Gasteiger partial charge in [0.25, 0.3) is 0 Å². The first-order valence-corrected chi connectivity index (χ1v) is 8.78. The van der Waals surface area contributed by atoms with Crippen LogP contribution in [0.1, 0.15) is 20.8 Å². The van der Waals surface area contributed by atoms with Crippen LogP contribution in [-0.2, 0) is 33.3 Å². The van der Waals surface area contributed by atoms with Crippen LogP contribution in [0.25, 0.3) is 0 Å². The Kier molecular flexibility index (Phi) is 5.18. The van der Waals surface area contributed by atoms with Gasteiger partial charge in [-0.05, 0) is 20.8 Å². The van der Waals surface area contributed by atoms with Crippen molar-refractivity contribution in [3.63, 3.8) is 0 Å². The second kappa shape index (κ2) is 7.09. The quantitative estimate of drug-likeness (QED) is 0.310. The molecule has 0 radical (unpaired) electrons. The zero-order valence-electron chi connectivity index (χ0n) is 15.2. The summed E-state index contributed by atoms with van der Waals surface area (Å²) in [6, 6.07) is 0. The number of fused-ring (bicyclic) bond motifs is 2. The van der Waals surface area contributed by atoms with E-state index in [9.17, 15) is 14.4 Å². The molecule has 0 saturated carbocycles. The van der Waals surface area contributed by atoms with Crippen molar-refractivity contribution in [1.82, 2.24) is 5.32 Å². The topological polar surface area (TPSA) is 100 Å². The number of carbonyl (C=O) groups is 3. The molecule has 0 aromatic carbocycles. The van der Waals surface area contributed by atoms with E-state index in [1.807, 2.05) is 6.08 Å². The molecule has 1 amide bonds. The molecule has 0 aromatic rings. The molecular formula is C18H25NO7. The van der Waals surface area contributed by atoms with Gasteiger partial charge in [-0.3, -0.25) is 9.59 Å². The molecule has 3 aliphatic rings. The van der Waals surface area contributed by atoms with Gasteiger partial charge >= 0.3 is 5.97 Å². The Bertz CT molecular complexity index is 605. The van der Waals surface area contributed by atoms with Gasteiger partial charge in [-0.15, -0.1) is 0 Å². The fraction of sp³-hybridized carbons (Fsp3) is 0.722. The monoisotopic (exact) mass is 367 g/mol. The maximum absolute atomic E-state index is 12.3. The van der Waals surface area contributed by atoms with Gasteiger partial charge in [0.2, 0.25) is 5.91 Å². The van der Waals surface area contributed by atoms with Crippen LogP contribution in [0, 0.1) is 17.3 Å². The van der Waals surface area contributed by atoms with E-state index in [1.54, 1.807) is 26.8 Å². The van der Waals surface area contributed by atoms with Gasteiger partial charge in [0, 0.05) is 0 Å². The highest BCUT2D eigenvalue weighted by Crippen LogP contribution is 2.38. The summed E-state index contributed by atoms with van der Waals surface area (Å²) in [6.07, 6.45) is 3.70. The molecule has 26 heavy (non-hydrogen) atoms. The molecule has 3 rings (SSSR count). The van der Waals surface area contributed by atoms with Crippen molar-refractivity contribution in [2.45, 2.75) is 38.8 Å². The van der Waals surface area contributed by atoms with E-state index in [1.165, 1.54) is 0 Å². The standard InChI is InChI=1S/C18H25NO7/c1-17(2)24-9-18(3,10-25-17)16(22)23-7-6-19-15(21)14-11(8-20)12-4-5-13(14)26-12/h4-5,8,11-14H,6-7,9-10H2,1-3H3,(H,19,21). The number of carbonyl (C=O) groups excluding carboxylic acids is 3. The molecule has 4 unspecified atom stereocenters. The molecule has 3 aliphatic heterocycles. The van der Waals surface area contributed by atoms with Crippen LogP contribution in [0.15, 0.2) is 12.2 Å². The summed E-state index contributed by atoms with van der Waals surface area (Å²) < 4.78 is 21.8. The molecule has 2 bridgehead atoms. The van der Waals surface area contributed by atoms with E-state index < -0.39 is 29.0 Å². The maximum atomic E-state index is 12.3. The number of hydrogen-bond donors (Lipinski definition) is 1. The molecule has 2 fully saturated rings. The Morgan fingerprint density at radius 3 is 2.50 bits per heavy atom. The minimum atomic E-state index is -0.870. The SMILES string of the molecule is CC1(C)OCC(C)(C(=O)OCCNC(=O)C2C3C=CC(O3)C2C=O)CO1. The Labute approximate surface area is 152 Å². The third-order valence-electron chi connectivity index (χ3n) is 5.02. The molecular weight excluding hydrogens is 342 g/mol. The molecule has 4 atom stereocenters. The zero-order chi connectivity index (χ0) is 18.9. The van der Waals surface area contributed by atoms with Crippen molar-refractivity contribution in [3.05, 3.63) is 12.2 Å². The summed E-state index contributed by atoms with van der Waals surface area (Å²) in [4.78, 5) is 35.8. The third kappa shape index (κ3) is 3.67. The van der Waals surface area contributed by atoms with Gasteiger partial charge in [0.1, 0.15) is 18.3 Å². The van der Waals surface area contributed by atoms with Gasteiger partial charge in [0.15, 0.2) is 5.79 Å². The number of aldehydes is 1. The molecule has 0 spiro atoms. The normalized spacial score (nSPS) is 33.7. The second-order valence-corrected chi connectivity index (χ2v) is 7.65. The van der Waals surface area contributed by atoms with Crippen molar-refractivity contribution >= 4 is 18.2 Å². The Morgan fingerprint density at radius 2 is 1.85 bits per heavy atom. The molecule has 1 N–H and O–H groups in total. The number of rotatable bonds is 6. The van der Waals surface area contributed by atoms with E-state index in [2.05, 4.69) is 5.32 Å². The summed E-state index contributed by atoms with van der Waals surface area (Å²) in [5, 5.41) is 2.71. The minimum Gasteiger partial charge on any atom is -0.463 e. The van der Waals surface area contributed by atoms with E-state index >= 15 is 0 Å². The van der Waals surface area contributed by atoms with Crippen molar-refractivity contribution < 1.29 is 33.3 Å². The zero-order valence-corrected chi connectivity index (χ0v) is 15.2. The van der Waals surface area contributed by atoms with Crippen LogP contribution < -0.4 is 5.32 Å². The van der Waals surface area contributed by atoms with Crippen LogP contribution in [0.5, 0.6) is 0 Å². The molecule has 8 heteroatoms. The Balaban J connectivity index is 1.41. The van der Waals surface area contributed by atoms with Gasteiger partial charge in [0.05, 0.1) is 43.8 Å². The molecule has 0 aromatic heterocycles. The summed E-state index contributed by atoms with van der Waals surface area (Å²) >= 11 is 0. The summed E-state index contributed by atoms with van der Waals surface area (Å²) in [5.74, 6) is -2.41. The fourth-order valence-electron chi connectivity index (χ4n) is 3.30. The van der Waals surface area contributed by atoms with E-state index in [0.717, 1.165) is 6.29 Å². The first-order valence-electron chi connectivity index (χ1n) is 8.78.